The van der Waals surface area contributed by atoms with Gasteiger partial charge in [-0.3, -0.25) is 4.79 Å². The summed E-state index contributed by atoms with van der Waals surface area (Å²) in [7, 11) is 0. The summed E-state index contributed by atoms with van der Waals surface area (Å²) in [6.45, 7) is 7.91. The molecule has 2 aromatic rings. The summed E-state index contributed by atoms with van der Waals surface area (Å²) in [5, 5.41) is 2.98. The molecule has 1 aliphatic heterocycles. The summed E-state index contributed by atoms with van der Waals surface area (Å²) in [6.07, 6.45) is 2.80. The standard InChI is InChI=1S/C18H23N3O2S/c1-3-15-13(2)10-16(24-15)18(22)20-12-14-4-5-17(19-11-14)21-6-8-23-9-7-21/h4-5,10-11H,3,6-9,12H2,1-2H3,(H,20,22). The van der Waals surface area contributed by atoms with Gasteiger partial charge < -0.3 is 15.0 Å². The molecule has 128 valence electrons. The van der Waals surface area contributed by atoms with E-state index in [0.29, 0.717) is 6.54 Å². The average molecular weight is 345 g/mol. The fourth-order valence-electron chi connectivity index (χ4n) is 2.75. The Morgan fingerprint density at radius 1 is 1.38 bits per heavy atom. The fourth-order valence-corrected chi connectivity index (χ4v) is 3.78. The van der Waals surface area contributed by atoms with Gasteiger partial charge in [-0.05, 0) is 36.6 Å². The van der Waals surface area contributed by atoms with Crippen LogP contribution in [-0.2, 0) is 17.7 Å². The number of morpholine rings is 1. The molecule has 1 aliphatic rings. The molecule has 2 aromatic heterocycles. The number of pyridine rings is 1. The number of anilines is 1. The van der Waals surface area contributed by atoms with Crippen LogP contribution in [0.4, 0.5) is 5.82 Å². The summed E-state index contributed by atoms with van der Waals surface area (Å²) < 4.78 is 5.35. The minimum atomic E-state index is -0.0138. The molecular weight excluding hydrogens is 322 g/mol. The number of carbonyl (C=O) groups is 1. The molecular formula is C18H23N3O2S. The van der Waals surface area contributed by atoms with Crippen LogP contribution in [0.2, 0.25) is 0 Å². The quantitative estimate of drug-likeness (QED) is 0.905. The molecule has 0 atom stereocenters. The van der Waals surface area contributed by atoms with E-state index >= 15 is 0 Å². The average Bonchev–Trinajstić information content (AvgIpc) is 3.02. The first-order valence-corrected chi connectivity index (χ1v) is 9.14. The molecule has 0 aliphatic carbocycles. The zero-order valence-electron chi connectivity index (χ0n) is 14.2. The Bertz CT molecular complexity index is 691. The van der Waals surface area contributed by atoms with E-state index in [2.05, 4.69) is 29.0 Å². The van der Waals surface area contributed by atoms with Crippen LogP contribution >= 0.6 is 11.3 Å². The van der Waals surface area contributed by atoms with Gasteiger partial charge in [-0.2, -0.15) is 0 Å². The minimum absolute atomic E-state index is 0.0138. The van der Waals surface area contributed by atoms with Crippen LogP contribution in [0.25, 0.3) is 0 Å². The highest BCUT2D eigenvalue weighted by Crippen LogP contribution is 2.22. The lowest BCUT2D eigenvalue weighted by Crippen LogP contribution is -2.36. The third-order valence-corrected chi connectivity index (χ3v) is 5.54. The highest BCUT2D eigenvalue weighted by Gasteiger charge is 2.13. The molecule has 1 fully saturated rings. The van der Waals surface area contributed by atoms with Crippen LogP contribution in [-0.4, -0.2) is 37.2 Å². The maximum absolute atomic E-state index is 12.3. The van der Waals surface area contributed by atoms with Crippen LogP contribution in [0.15, 0.2) is 24.4 Å². The molecule has 1 saturated heterocycles. The van der Waals surface area contributed by atoms with Gasteiger partial charge in [-0.1, -0.05) is 13.0 Å². The maximum atomic E-state index is 12.3. The van der Waals surface area contributed by atoms with Gasteiger partial charge in [-0.15, -0.1) is 11.3 Å². The lowest BCUT2D eigenvalue weighted by molar-refractivity contribution is 0.0955. The van der Waals surface area contributed by atoms with Crippen molar-refractivity contribution >= 4 is 23.1 Å². The second kappa shape index (κ2) is 7.77. The molecule has 6 heteroatoms. The number of aromatic nitrogens is 1. The predicted octanol–water partition coefficient (Wildman–Crippen LogP) is 2.78. The number of amides is 1. The van der Waals surface area contributed by atoms with Crippen molar-refractivity contribution in [2.45, 2.75) is 26.8 Å². The lowest BCUT2D eigenvalue weighted by Gasteiger charge is -2.27. The summed E-state index contributed by atoms with van der Waals surface area (Å²) in [5.41, 5.74) is 2.20. The van der Waals surface area contributed by atoms with Crippen LogP contribution in [0.1, 0.15) is 32.6 Å². The molecule has 0 radical (unpaired) electrons. The first-order valence-electron chi connectivity index (χ1n) is 8.32. The number of thiophene rings is 1. The molecule has 0 unspecified atom stereocenters. The van der Waals surface area contributed by atoms with Crippen molar-refractivity contribution in [1.29, 1.82) is 0 Å². The Balaban J connectivity index is 1.56. The summed E-state index contributed by atoms with van der Waals surface area (Å²) in [4.78, 5) is 21.0. The van der Waals surface area contributed by atoms with Gasteiger partial charge in [0.1, 0.15) is 5.82 Å². The summed E-state index contributed by atoms with van der Waals surface area (Å²) >= 11 is 1.58. The third kappa shape index (κ3) is 3.94. The largest absolute Gasteiger partial charge is 0.378 e. The Kier molecular flexibility index (Phi) is 5.48. The van der Waals surface area contributed by atoms with Crippen LogP contribution in [0.3, 0.4) is 0 Å². The first kappa shape index (κ1) is 16.9. The van der Waals surface area contributed by atoms with Gasteiger partial charge in [-0.25, -0.2) is 4.98 Å². The van der Waals surface area contributed by atoms with Crippen LogP contribution in [0.5, 0.6) is 0 Å². The molecule has 24 heavy (non-hydrogen) atoms. The van der Waals surface area contributed by atoms with Gasteiger partial charge in [0, 0.05) is 30.7 Å². The van der Waals surface area contributed by atoms with Gasteiger partial charge in [0.15, 0.2) is 0 Å². The number of aryl methyl sites for hydroxylation is 2. The topological polar surface area (TPSA) is 54.5 Å². The molecule has 0 saturated carbocycles. The van der Waals surface area contributed by atoms with Crippen molar-refractivity contribution in [1.82, 2.24) is 10.3 Å². The van der Waals surface area contributed by atoms with E-state index in [-0.39, 0.29) is 5.91 Å². The number of hydrogen-bond acceptors (Lipinski definition) is 5. The van der Waals surface area contributed by atoms with Gasteiger partial charge in [0.25, 0.3) is 5.91 Å². The third-order valence-electron chi connectivity index (χ3n) is 4.16. The molecule has 3 rings (SSSR count). The SMILES string of the molecule is CCc1sc(C(=O)NCc2ccc(N3CCOCC3)nc2)cc1C. The van der Waals surface area contributed by atoms with E-state index in [1.165, 1.54) is 10.4 Å². The first-order chi connectivity index (χ1) is 11.7. The summed E-state index contributed by atoms with van der Waals surface area (Å²) in [6, 6.07) is 6.01. The smallest absolute Gasteiger partial charge is 0.261 e. The second-order valence-corrected chi connectivity index (χ2v) is 7.01. The Labute approximate surface area is 146 Å². The van der Waals surface area contributed by atoms with Crippen LogP contribution in [0, 0.1) is 6.92 Å². The number of rotatable bonds is 5. The molecule has 1 N–H and O–H groups in total. The Morgan fingerprint density at radius 3 is 2.79 bits per heavy atom. The lowest BCUT2D eigenvalue weighted by atomic mass is 10.2. The van der Waals surface area contributed by atoms with Gasteiger partial charge in [0.05, 0.1) is 18.1 Å². The second-order valence-electron chi connectivity index (χ2n) is 5.88. The van der Waals surface area contributed by atoms with Gasteiger partial charge in [0.2, 0.25) is 0 Å². The molecule has 0 spiro atoms. The van der Waals surface area contributed by atoms with Crippen molar-refractivity contribution in [3.63, 3.8) is 0 Å². The number of ether oxygens (including phenoxy) is 1. The fraction of sp³-hybridized carbons (Fsp3) is 0.444. The zero-order chi connectivity index (χ0) is 16.9. The van der Waals surface area contributed by atoms with E-state index in [0.717, 1.165) is 49.0 Å². The van der Waals surface area contributed by atoms with Gasteiger partial charge >= 0.3 is 0 Å². The van der Waals surface area contributed by atoms with Crippen molar-refractivity contribution in [2.24, 2.45) is 0 Å². The van der Waals surface area contributed by atoms with Crippen molar-refractivity contribution in [3.05, 3.63) is 45.3 Å². The van der Waals surface area contributed by atoms with E-state index in [9.17, 15) is 4.79 Å². The number of nitrogens with one attached hydrogen (secondary N) is 1. The zero-order valence-corrected chi connectivity index (χ0v) is 15.0. The van der Waals surface area contributed by atoms with E-state index in [1.807, 2.05) is 24.4 Å². The number of nitrogens with zero attached hydrogens (tertiary/aromatic N) is 2. The maximum Gasteiger partial charge on any atom is 0.261 e. The number of carbonyl (C=O) groups excluding carboxylic acids is 1. The Morgan fingerprint density at radius 2 is 2.17 bits per heavy atom. The predicted molar refractivity (Wildman–Crippen MR) is 96.9 cm³/mol. The highest BCUT2D eigenvalue weighted by molar-refractivity contribution is 7.14. The molecule has 3 heterocycles. The molecule has 1 amide bonds. The molecule has 0 bridgehead atoms. The van der Waals surface area contributed by atoms with Crippen molar-refractivity contribution in [3.8, 4) is 0 Å². The van der Waals surface area contributed by atoms with E-state index < -0.39 is 0 Å². The molecule has 0 aromatic carbocycles. The van der Waals surface area contributed by atoms with E-state index in [1.54, 1.807) is 11.3 Å². The van der Waals surface area contributed by atoms with Crippen LogP contribution < -0.4 is 10.2 Å². The number of hydrogen-bond donors (Lipinski definition) is 1. The minimum Gasteiger partial charge on any atom is -0.378 e. The normalized spacial score (nSPS) is 14.7. The van der Waals surface area contributed by atoms with Crippen molar-refractivity contribution in [2.75, 3.05) is 31.2 Å². The van der Waals surface area contributed by atoms with E-state index in [4.69, 9.17) is 4.74 Å². The summed E-state index contributed by atoms with van der Waals surface area (Å²) in [5.74, 6) is 0.954. The monoisotopic (exact) mass is 345 g/mol. The van der Waals surface area contributed by atoms with Crippen molar-refractivity contribution < 1.29 is 9.53 Å². The highest BCUT2D eigenvalue weighted by atomic mass is 32.1. The Hall–Kier alpha value is -1.92. The molecule has 5 nitrogen and oxygen atoms in total.